The molecule has 1 amide bonds. The Morgan fingerprint density at radius 3 is 1.98 bits per heavy atom. The minimum absolute atomic E-state index is 0.0872. The van der Waals surface area contributed by atoms with E-state index < -0.39 is 35.6 Å². The van der Waals surface area contributed by atoms with Crippen LogP contribution < -0.4 is 22.3 Å². The lowest BCUT2D eigenvalue weighted by atomic mass is 10.0. The molecule has 1 aliphatic carbocycles. The van der Waals surface area contributed by atoms with Crippen molar-refractivity contribution in [3.63, 3.8) is 0 Å². The largest absolute Gasteiger partial charge is 0.490 e. The van der Waals surface area contributed by atoms with Crippen LogP contribution in [0.1, 0.15) is 40.4 Å². The van der Waals surface area contributed by atoms with E-state index in [9.17, 15) is 32.7 Å². The quantitative estimate of drug-likeness (QED) is 0.121. The maximum absolute atomic E-state index is 13.4. The summed E-state index contributed by atoms with van der Waals surface area (Å²) >= 11 is 0. The lowest BCUT2D eigenvalue weighted by Crippen LogP contribution is -2.43. The smallest absolute Gasteiger partial charge is 0.480 e. The second kappa shape index (κ2) is 12.8. The summed E-state index contributed by atoms with van der Waals surface area (Å²) in [5.74, 6) is -4.79. The standard InChI is InChI=1S/C25H25N5O4.C2HF3O2/c26-25(27)28-13-5-12-20(24(33)34)29-22(31)19-11-6-14-30(23(19)32)21-17-9-3-1-7-15(17)16-8-2-4-10-18(16)21;3-2(4,5)1(6)7/h1-4,6-11,14,20-21H,5,12-13H2,(H,29,31)(H,33,34)(H4,26,27,28);(H,6,7)/t20-;/m0./s1. The number of aromatic nitrogens is 1. The zero-order valence-corrected chi connectivity index (χ0v) is 21.3. The summed E-state index contributed by atoms with van der Waals surface area (Å²) in [5.41, 5.74) is 13.9. The first-order valence-electron chi connectivity index (χ1n) is 12.1. The average molecular weight is 574 g/mol. The number of nitrogens with two attached hydrogens (primary N) is 2. The number of aliphatic carboxylic acids is 2. The Labute approximate surface area is 230 Å². The van der Waals surface area contributed by atoms with E-state index >= 15 is 0 Å². The summed E-state index contributed by atoms with van der Waals surface area (Å²) in [6, 6.07) is 17.1. The number of carbonyl (C=O) groups excluding carboxylic acids is 1. The topological polar surface area (TPSA) is 190 Å². The fourth-order valence-electron chi connectivity index (χ4n) is 4.31. The number of nitrogens with zero attached hydrogens (tertiary/aromatic N) is 2. The van der Waals surface area contributed by atoms with E-state index in [1.54, 1.807) is 12.3 Å². The number of rotatable bonds is 8. The van der Waals surface area contributed by atoms with Gasteiger partial charge in [0.05, 0.1) is 6.04 Å². The lowest BCUT2D eigenvalue weighted by Gasteiger charge is -2.19. The van der Waals surface area contributed by atoms with E-state index in [4.69, 9.17) is 21.4 Å². The van der Waals surface area contributed by atoms with E-state index in [2.05, 4.69) is 10.3 Å². The van der Waals surface area contributed by atoms with Crippen molar-refractivity contribution in [2.45, 2.75) is 31.1 Å². The summed E-state index contributed by atoms with van der Waals surface area (Å²) in [5, 5.41) is 19.1. The Morgan fingerprint density at radius 2 is 1.49 bits per heavy atom. The molecule has 216 valence electrons. The lowest BCUT2D eigenvalue weighted by molar-refractivity contribution is -0.192. The van der Waals surface area contributed by atoms with Crippen molar-refractivity contribution in [2.75, 3.05) is 6.54 Å². The number of guanidine groups is 1. The van der Waals surface area contributed by atoms with Gasteiger partial charge in [0.25, 0.3) is 11.5 Å². The van der Waals surface area contributed by atoms with Crippen LogP contribution in [-0.4, -0.2) is 57.3 Å². The molecule has 0 spiro atoms. The maximum Gasteiger partial charge on any atom is 0.490 e. The SMILES string of the molecule is NC(N)=NCCC[C@H](NC(=O)c1cccn(C2c3ccccc3-c3ccccc32)c1=O)C(=O)O.O=C(O)C(F)(F)F. The Kier molecular flexibility index (Phi) is 9.50. The van der Waals surface area contributed by atoms with Crippen molar-refractivity contribution in [1.29, 1.82) is 0 Å². The molecule has 11 nitrogen and oxygen atoms in total. The molecule has 1 aliphatic rings. The molecule has 1 atom stereocenters. The van der Waals surface area contributed by atoms with E-state index in [0.717, 1.165) is 22.3 Å². The predicted molar refractivity (Wildman–Crippen MR) is 142 cm³/mol. The first kappa shape index (κ1) is 30.4. The molecular weight excluding hydrogens is 547 g/mol. The molecular formula is C27H26F3N5O6. The number of nitrogens with one attached hydrogen (secondary N) is 1. The summed E-state index contributed by atoms with van der Waals surface area (Å²) < 4.78 is 33.3. The number of benzene rings is 2. The van der Waals surface area contributed by atoms with Gasteiger partial charge in [0.1, 0.15) is 11.6 Å². The van der Waals surface area contributed by atoms with Gasteiger partial charge in [-0.05, 0) is 47.2 Å². The van der Waals surface area contributed by atoms with Crippen molar-refractivity contribution >= 4 is 23.8 Å². The van der Waals surface area contributed by atoms with Gasteiger partial charge in [-0.1, -0.05) is 48.5 Å². The number of pyridine rings is 1. The van der Waals surface area contributed by atoms with Crippen LogP contribution in [-0.2, 0) is 9.59 Å². The highest BCUT2D eigenvalue weighted by Crippen LogP contribution is 2.44. The molecule has 41 heavy (non-hydrogen) atoms. The van der Waals surface area contributed by atoms with Crippen LogP contribution in [0.3, 0.4) is 0 Å². The van der Waals surface area contributed by atoms with Crippen LogP contribution >= 0.6 is 0 Å². The number of carboxylic acid groups (broad SMARTS) is 2. The second-order valence-corrected chi connectivity index (χ2v) is 8.83. The molecule has 1 heterocycles. The molecule has 0 radical (unpaired) electrons. The Morgan fingerprint density at radius 1 is 0.951 bits per heavy atom. The summed E-state index contributed by atoms with van der Waals surface area (Å²) in [6.45, 7) is 0.237. The van der Waals surface area contributed by atoms with Crippen molar-refractivity contribution in [2.24, 2.45) is 16.5 Å². The molecule has 0 aliphatic heterocycles. The van der Waals surface area contributed by atoms with Gasteiger partial charge in [0.2, 0.25) is 0 Å². The van der Waals surface area contributed by atoms with Gasteiger partial charge in [0, 0.05) is 12.7 Å². The van der Waals surface area contributed by atoms with Crippen molar-refractivity contribution < 1.29 is 37.8 Å². The van der Waals surface area contributed by atoms with Crippen molar-refractivity contribution in [3.05, 3.63) is 93.9 Å². The third kappa shape index (κ3) is 7.29. The highest BCUT2D eigenvalue weighted by atomic mass is 19.4. The zero-order chi connectivity index (χ0) is 30.3. The molecule has 0 bridgehead atoms. The van der Waals surface area contributed by atoms with Crippen LogP contribution in [0.4, 0.5) is 13.2 Å². The first-order valence-corrected chi connectivity index (χ1v) is 12.1. The first-order chi connectivity index (χ1) is 19.3. The molecule has 14 heteroatoms. The number of amides is 1. The third-order valence-electron chi connectivity index (χ3n) is 6.09. The molecule has 0 fully saturated rings. The Balaban J connectivity index is 0.000000587. The third-order valence-corrected chi connectivity index (χ3v) is 6.09. The predicted octanol–water partition coefficient (Wildman–Crippen LogP) is 2.34. The minimum Gasteiger partial charge on any atom is -0.480 e. The number of aliphatic imine (C=N–C) groups is 1. The van der Waals surface area contributed by atoms with E-state index in [1.165, 1.54) is 10.6 Å². The minimum atomic E-state index is -5.08. The molecule has 3 aromatic rings. The number of fused-ring (bicyclic) bond motifs is 3. The van der Waals surface area contributed by atoms with Crippen molar-refractivity contribution in [3.8, 4) is 11.1 Å². The summed E-state index contributed by atoms with van der Waals surface area (Å²) in [6.07, 6.45) is -2.97. The maximum atomic E-state index is 13.4. The van der Waals surface area contributed by atoms with E-state index in [-0.39, 0.29) is 30.5 Å². The number of hydrogen-bond donors (Lipinski definition) is 5. The van der Waals surface area contributed by atoms with Crippen LogP contribution in [0.2, 0.25) is 0 Å². The summed E-state index contributed by atoms with van der Waals surface area (Å²) in [4.78, 5) is 50.7. The molecule has 4 rings (SSSR count). The highest BCUT2D eigenvalue weighted by molar-refractivity contribution is 5.96. The van der Waals surface area contributed by atoms with Gasteiger partial charge in [-0.25, -0.2) is 9.59 Å². The molecule has 7 N–H and O–H groups in total. The molecule has 0 unspecified atom stereocenters. The van der Waals surface area contributed by atoms with E-state index in [1.807, 2.05) is 48.5 Å². The number of hydrogen-bond acceptors (Lipinski definition) is 5. The zero-order valence-electron chi connectivity index (χ0n) is 21.3. The number of carboxylic acids is 2. The van der Waals surface area contributed by atoms with Gasteiger partial charge in [-0.15, -0.1) is 0 Å². The van der Waals surface area contributed by atoms with Crippen LogP contribution in [0.25, 0.3) is 11.1 Å². The number of carbonyl (C=O) groups is 3. The normalized spacial score (nSPS) is 12.7. The van der Waals surface area contributed by atoms with Crippen LogP contribution in [0, 0.1) is 0 Å². The fourth-order valence-corrected chi connectivity index (χ4v) is 4.31. The molecule has 2 aromatic carbocycles. The Bertz CT molecular complexity index is 1490. The monoisotopic (exact) mass is 573 g/mol. The second-order valence-electron chi connectivity index (χ2n) is 8.83. The van der Waals surface area contributed by atoms with Gasteiger partial charge in [0.15, 0.2) is 5.96 Å². The van der Waals surface area contributed by atoms with Gasteiger partial charge in [-0.2, -0.15) is 13.2 Å². The Hall–Kier alpha value is -5.14. The van der Waals surface area contributed by atoms with Gasteiger partial charge >= 0.3 is 18.1 Å². The van der Waals surface area contributed by atoms with Crippen LogP contribution in [0.5, 0.6) is 0 Å². The molecule has 0 saturated heterocycles. The van der Waals surface area contributed by atoms with E-state index in [0.29, 0.717) is 6.42 Å². The molecule has 0 saturated carbocycles. The fraction of sp³-hybridized carbons (Fsp3) is 0.222. The number of alkyl halides is 3. The van der Waals surface area contributed by atoms with Crippen molar-refractivity contribution in [1.82, 2.24) is 9.88 Å². The summed E-state index contributed by atoms with van der Waals surface area (Å²) in [7, 11) is 0. The number of halogens is 3. The van der Waals surface area contributed by atoms with Gasteiger partial charge < -0.3 is 31.6 Å². The average Bonchev–Trinajstić information content (AvgIpc) is 3.24. The molecule has 1 aromatic heterocycles. The van der Waals surface area contributed by atoms with Gasteiger partial charge in [-0.3, -0.25) is 14.6 Å². The highest BCUT2D eigenvalue weighted by Gasteiger charge is 2.38. The van der Waals surface area contributed by atoms with Crippen LogP contribution in [0.15, 0.2) is 76.6 Å².